The number of nitrogens with zero attached hydrogens (tertiary/aromatic N) is 3. The molecule has 0 saturated carbocycles. The molecule has 2 amide bonds. The van der Waals surface area contributed by atoms with Crippen LogP contribution in [0.25, 0.3) is 11.0 Å². The van der Waals surface area contributed by atoms with E-state index in [0.717, 1.165) is 49.3 Å². The number of imide groups is 1. The topological polar surface area (TPSA) is 88.4 Å². The second kappa shape index (κ2) is 9.31. The first-order valence-electron chi connectivity index (χ1n) is 11.3. The summed E-state index contributed by atoms with van der Waals surface area (Å²) in [5, 5.41) is 5.54. The molecule has 1 atom stereocenters. The van der Waals surface area contributed by atoms with Crippen molar-refractivity contribution < 1.29 is 9.59 Å². The van der Waals surface area contributed by atoms with Crippen LogP contribution in [0, 0.1) is 17.3 Å². The van der Waals surface area contributed by atoms with Gasteiger partial charge in [-0.2, -0.15) is 0 Å². The lowest BCUT2D eigenvalue weighted by Crippen LogP contribution is -2.58. The Morgan fingerprint density at radius 3 is 2.72 bits per heavy atom. The molecule has 1 aromatic heterocycles. The number of piperidine rings is 1. The lowest BCUT2D eigenvalue weighted by molar-refractivity contribution is -0.125. The molecule has 1 unspecified atom stereocenters. The molecule has 2 saturated heterocycles. The maximum atomic E-state index is 13.0. The van der Waals surface area contributed by atoms with Gasteiger partial charge in [0.25, 0.3) is 0 Å². The highest BCUT2D eigenvalue weighted by molar-refractivity contribution is 5.86. The van der Waals surface area contributed by atoms with Crippen molar-refractivity contribution >= 4 is 23.4 Å². The quantitative estimate of drug-likeness (QED) is 0.520. The lowest BCUT2D eigenvalue weighted by atomic mass is 9.73. The highest BCUT2D eigenvalue weighted by Gasteiger charge is 2.39. The predicted octanol–water partition coefficient (Wildman–Crippen LogP) is 0.991. The van der Waals surface area contributed by atoms with E-state index in [9.17, 15) is 14.4 Å². The fourth-order valence-electron chi connectivity index (χ4n) is 4.84. The second-order valence-electron chi connectivity index (χ2n) is 9.14. The number of imidazole rings is 1. The maximum absolute atomic E-state index is 13.0. The Hall–Kier alpha value is -2.89. The van der Waals surface area contributed by atoms with Crippen LogP contribution in [0.15, 0.2) is 23.0 Å². The molecule has 2 aromatic rings. The summed E-state index contributed by atoms with van der Waals surface area (Å²) in [4.78, 5) is 37.4. The van der Waals surface area contributed by atoms with Gasteiger partial charge in [-0.15, -0.1) is 0 Å². The molecular formula is C24H31N5O3. The summed E-state index contributed by atoms with van der Waals surface area (Å²) in [6.45, 7) is 7.12. The number of nitrogens with one attached hydrogen (secondary N) is 2. The zero-order chi connectivity index (χ0) is 22.7. The van der Waals surface area contributed by atoms with E-state index in [1.165, 1.54) is 12.8 Å². The number of amides is 2. The number of carbonyl (C=O) groups excluding carboxylic acids is 2. The van der Waals surface area contributed by atoms with Crippen molar-refractivity contribution in [1.82, 2.24) is 24.7 Å². The molecule has 170 valence electrons. The SMILES string of the molecule is CC(CCC(=O)NC=O)n1c(=O)n(C)c2c(C#CCN3CCC4(CC3)CNC4)cccc21. The van der Waals surface area contributed by atoms with Crippen LogP contribution in [0.1, 0.15) is 44.2 Å². The first-order valence-corrected chi connectivity index (χ1v) is 11.3. The van der Waals surface area contributed by atoms with E-state index in [-0.39, 0.29) is 24.1 Å². The van der Waals surface area contributed by atoms with Gasteiger partial charge in [0.2, 0.25) is 12.3 Å². The molecule has 2 aliphatic heterocycles. The van der Waals surface area contributed by atoms with Gasteiger partial charge >= 0.3 is 5.69 Å². The van der Waals surface area contributed by atoms with Crippen molar-refractivity contribution in [3.63, 3.8) is 0 Å². The Labute approximate surface area is 187 Å². The van der Waals surface area contributed by atoms with E-state index in [1.807, 2.05) is 25.1 Å². The molecule has 2 N–H and O–H groups in total. The normalized spacial score (nSPS) is 18.6. The minimum atomic E-state index is -0.344. The molecule has 32 heavy (non-hydrogen) atoms. The molecule has 1 spiro atoms. The Balaban J connectivity index is 1.50. The van der Waals surface area contributed by atoms with Crippen LogP contribution in [0.5, 0.6) is 0 Å². The summed E-state index contributed by atoms with van der Waals surface area (Å²) in [6.07, 6.45) is 3.49. The molecule has 0 aliphatic carbocycles. The van der Waals surface area contributed by atoms with Crippen molar-refractivity contribution in [3.8, 4) is 11.8 Å². The Morgan fingerprint density at radius 2 is 2.06 bits per heavy atom. The molecule has 4 rings (SSSR count). The van der Waals surface area contributed by atoms with Crippen LogP contribution in [0.3, 0.4) is 0 Å². The molecular weight excluding hydrogens is 406 g/mol. The van der Waals surface area contributed by atoms with Crippen molar-refractivity contribution in [3.05, 3.63) is 34.2 Å². The number of carbonyl (C=O) groups is 2. The number of hydrogen-bond donors (Lipinski definition) is 2. The van der Waals surface area contributed by atoms with Crippen LogP contribution in [0.4, 0.5) is 0 Å². The third kappa shape index (κ3) is 4.36. The van der Waals surface area contributed by atoms with Gasteiger partial charge in [0.1, 0.15) is 0 Å². The Kier molecular flexibility index (Phi) is 6.49. The third-order valence-electron chi connectivity index (χ3n) is 6.99. The van der Waals surface area contributed by atoms with Crippen molar-refractivity contribution in [1.29, 1.82) is 0 Å². The number of hydrogen-bond acceptors (Lipinski definition) is 5. The molecule has 1 aromatic carbocycles. The summed E-state index contributed by atoms with van der Waals surface area (Å²) < 4.78 is 3.35. The van der Waals surface area contributed by atoms with Crippen LogP contribution in [0.2, 0.25) is 0 Å². The molecule has 2 fully saturated rings. The minimum Gasteiger partial charge on any atom is -0.316 e. The number of likely N-dealkylation sites (tertiary alicyclic amines) is 1. The summed E-state index contributed by atoms with van der Waals surface area (Å²) >= 11 is 0. The van der Waals surface area contributed by atoms with E-state index in [0.29, 0.717) is 18.2 Å². The van der Waals surface area contributed by atoms with Gasteiger partial charge in [-0.3, -0.25) is 28.9 Å². The average Bonchev–Trinajstić information content (AvgIpc) is 3.02. The number of rotatable bonds is 6. The molecule has 0 radical (unpaired) electrons. The molecule has 8 nitrogen and oxygen atoms in total. The van der Waals surface area contributed by atoms with Gasteiger partial charge in [0.05, 0.1) is 23.1 Å². The fraction of sp³-hybridized carbons (Fsp3) is 0.542. The van der Waals surface area contributed by atoms with E-state index in [1.54, 1.807) is 16.2 Å². The molecule has 2 aliphatic rings. The number of aromatic nitrogens is 2. The lowest BCUT2D eigenvalue weighted by Gasteiger charge is -2.48. The Morgan fingerprint density at radius 1 is 1.31 bits per heavy atom. The standard InChI is InChI=1S/C24H31N5O3/c1-18(8-9-21(31)26-17-30)29-20-7-3-5-19(22(20)27(2)23(29)32)6-4-12-28-13-10-24(11-14-28)15-25-16-24/h3,5,7,17-18,25H,8-16H2,1-2H3,(H,26,30,31). The van der Waals surface area contributed by atoms with Gasteiger partial charge in [-0.25, -0.2) is 4.79 Å². The molecule has 8 heteroatoms. The Bertz CT molecular complexity index is 1120. The predicted molar refractivity (Wildman–Crippen MR) is 123 cm³/mol. The zero-order valence-electron chi connectivity index (χ0n) is 18.8. The largest absolute Gasteiger partial charge is 0.329 e. The molecule has 3 heterocycles. The van der Waals surface area contributed by atoms with Crippen molar-refractivity contribution in [2.24, 2.45) is 12.5 Å². The number of benzene rings is 1. The third-order valence-corrected chi connectivity index (χ3v) is 6.99. The smallest absolute Gasteiger partial charge is 0.316 e. The number of aryl methyl sites for hydroxylation is 1. The van der Waals surface area contributed by atoms with Crippen molar-refractivity contribution in [2.75, 3.05) is 32.7 Å². The van der Waals surface area contributed by atoms with Gasteiger partial charge in [0, 0.05) is 32.6 Å². The highest BCUT2D eigenvalue weighted by Crippen LogP contribution is 2.34. The summed E-state index contributed by atoms with van der Waals surface area (Å²) in [5.74, 6) is 6.26. The summed E-state index contributed by atoms with van der Waals surface area (Å²) in [5.41, 5.74) is 2.86. The van der Waals surface area contributed by atoms with Gasteiger partial charge in [-0.05, 0) is 56.8 Å². The van der Waals surface area contributed by atoms with Crippen LogP contribution >= 0.6 is 0 Å². The van der Waals surface area contributed by atoms with E-state index in [2.05, 4.69) is 27.4 Å². The van der Waals surface area contributed by atoms with Crippen LogP contribution in [-0.2, 0) is 16.6 Å². The fourth-order valence-corrected chi connectivity index (χ4v) is 4.84. The summed E-state index contributed by atoms with van der Waals surface area (Å²) in [6, 6.07) is 5.60. The van der Waals surface area contributed by atoms with Crippen molar-refractivity contribution in [2.45, 2.75) is 38.6 Å². The van der Waals surface area contributed by atoms with Gasteiger partial charge < -0.3 is 5.32 Å². The van der Waals surface area contributed by atoms with E-state index >= 15 is 0 Å². The monoisotopic (exact) mass is 437 g/mol. The zero-order valence-corrected chi connectivity index (χ0v) is 18.8. The molecule has 0 bridgehead atoms. The van der Waals surface area contributed by atoms with Gasteiger partial charge in [-0.1, -0.05) is 17.9 Å². The second-order valence-corrected chi connectivity index (χ2v) is 9.14. The average molecular weight is 438 g/mol. The van der Waals surface area contributed by atoms with Crippen LogP contribution < -0.4 is 16.3 Å². The van der Waals surface area contributed by atoms with E-state index < -0.39 is 0 Å². The first-order chi connectivity index (χ1) is 15.4. The van der Waals surface area contributed by atoms with Gasteiger partial charge in [0.15, 0.2) is 0 Å². The van der Waals surface area contributed by atoms with Crippen LogP contribution in [-0.4, -0.2) is 59.1 Å². The first kappa shape index (κ1) is 22.3. The highest BCUT2D eigenvalue weighted by atomic mass is 16.2. The number of para-hydroxylation sites is 1. The summed E-state index contributed by atoms with van der Waals surface area (Å²) in [7, 11) is 1.76. The number of fused-ring (bicyclic) bond motifs is 1. The minimum absolute atomic E-state index is 0.131. The maximum Gasteiger partial charge on any atom is 0.329 e. The van der Waals surface area contributed by atoms with E-state index in [4.69, 9.17) is 0 Å².